The third-order valence-corrected chi connectivity index (χ3v) is 2.92. The van der Waals surface area contributed by atoms with Gasteiger partial charge in [-0.1, -0.05) is 0 Å². The molecule has 1 aliphatic heterocycles. The van der Waals surface area contributed by atoms with Crippen LogP contribution < -0.4 is 0 Å². The Balaban J connectivity index is 2.29. The second-order valence-electron chi connectivity index (χ2n) is 4.69. The maximum absolute atomic E-state index is 11.9. The molecule has 0 radical (unpaired) electrons. The summed E-state index contributed by atoms with van der Waals surface area (Å²) in [4.78, 5) is 11.9. The van der Waals surface area contributed by atoms with Gasteiger partial charge in [0.25, 0.3) is 0 Å². The summed E-state index contributed by atoms with van der Waals surface area (Å²) in [7, 11) is 1.35. The first-order valence-electron chi connectivity index (χ1n) is 5.14. The van der Waals surface area contributed by atoms with Crippen molar-refractivity contribution >= 4 is 5.78 Å². The van der Waals surface area contributed by atoms with Gasteiger partial charge in [-0.2, -0.15) is 0 Å². The smallest absolute Gasteiger partial charge is 0.195 e. The van der Waals surface area contributed by atoms with Crippen molar-refractivity contribution in [3.8, 4) is 0 Å². The minimum Gasteiger partial charge on any atom is -0.373 e. The average molecular weight is 232 g/mol. The van der Waals surface area contributed by atoms with E-state index in [-0.39, 0.29) is 12.2 Å². The van der Waals surface area contributed by atoms with Crippen LogP contribution >= 0.6 is 0 Å². The van der Waals surface area contributed by atoms with Gasteiger partial charge in [0.1, 0.15) is 12.2 Å². The molecule has 0 spiro atoms. The standard InChI is InChI=1S/C10H16O6/c1-9(2)15-7-6(11)5(14-3)4-10(12,13)8(7)16-9/h5,7-8,12-13H,4H2,1-3H3. The second-order valence-corrected chi connectivity index (χ2v) is 4.69. The lowest BCUT2D eigenvalue weighted by molar-refractivity contribution is -0.265. The fourth-order valence-electron chi connectivity index (χ4n) is 2.18. The summed E-state index contributed by atoms with van der Waals surface area (Å²) < 4.78 is 15.6. The molecule has 0 aromatic heterocycles. The van der Waals surface area contributed by atoms with E-state index < -0.39 is 29.9 Å². The third kappa shape index (κ3) is 1.76. The molecular weight excluding hydrogens is 216 g/mol. The topological polar surface area (TPSA) is 85.2 Å². The van der Waals surface area contributed by atoms with Crippen LogP contribution in [0.2, 0.25) is 0 Å². The molecule has 2 fully saturated rings. The zero-order chi connectivity index (χ0) is 12.1. The van der Waals surface area contributed by atoms with Crippen molar-refractivity contribution in [1.29, 1.82) is 0 Å². The molecule has 6 nitrogen and oxygen atoms in total. The van der Waals surface area contributed by atoms with Crippen LogP contribution in [0.4, 0.5) is 0 Å². The Morgan fingerprint density at radius 2 is 2.00 bits per heavy atom. The molecule has 1 saturated carbocycles. The second kappa shape index (κ2) is 3.48. The Morgan fingerprint density at radius 1 is 1.38 bits per heavy atom. The van der Waals surface area contributed by atoms with Crippen molar-refractivity contribution in [2.45, 2.75) is 50.2 Å². The van der Waals surface area contributed by atoms with Crippen LogP contribution in [0.5, 0.6) is 0 Å². The first kappa shape index (κ1) is 11.9. The molecule has 0 aromatic rings. The SMILES string of the molecule is COC1CC(O)(O)C2OC(C)(C)OC2C1=O. The summed E-state index contributed by atoms with van der Waals surface area (Å²) in [6.45, 7) is 3.24. The van der Waals surface area contributed by atoms with Crippen LogP contribution in [0.25, 0.3) is 0 Å². The van der Waals surface area contributed by atoms with Crippen molar-refractivity contribution in [2.75, 3.05) is 7.11 Å². The van der Waals surface area contributed by atoms with Crippen LogP contribution in [0.15, 0.2) is 0 Å². The van der Waals surface area contributed by atoms with Gasteiger partial charge < -0.3 is 24.4 Å². The maximum Gasteiger partial charge on any atom is 0.195 e. The summed E-state index contributed by atoms with van der Waals surface area (Å²) >= 11 is 0. The van der Waals surface area contributed by atoms with E-state index in [9.17, 15) is 15.0 Å². The lowest BCUT2D eigenvalue weighted by atomic mass is 9.86. The van der Waals surface area contributed by atoms with E-state index in [1.54, 1.807) is 13.8 Å². The number of methoxy groups -OCH3 is 1. The van der Waals surface area contributed by atoms with Crippen LogP contribution in [0.1, 0.15) is 20.3 Å². The number of hydrogen-bond acceptors (Lipinski definition) is 6. The Kier molecular flexibility index (Phi) is 2.60. The predicted octanol–water partition coefficient (Wildman–Crippen LogP) is -0.825. The number of aliphatic hydroxyl groups is 2. The molecule has 0 bridgehead atoms. The van der Waals surface area contributed by atoms with Crippen molar-refractivity contribution in [2.24, 2.45) is 0 Å². The van der Waals surface area contributed by atoms with Crippen molar-refractivity contribution in [1.82, 2.24) is 0 Å². The number of Topliss-reactive ketones (excluding diaryl/α,β-unsaturated/α-hetero) is 1. The molecule has 2 aliphatic rings. The molecule has 3 unspecified atom stereocenters. The normalized spacial score (nSPS) is 40.8. The van der Waals surface area contributed by atoms with Gasteiger partial charge in [0.15, 0.2) is 23.5 Å². The zero-order valence-corrected chi connectivity index (χ0v) is 9.47. The highest BCUT2D eigenvalue weighted by Gasteiger charge is 2.60. The molecule has 1 heterocycles. The number of carbonyl (C=O) groups is 1. The van der Waals surface area contributed by atoms with Gasteiger partial charge in [-0.05, 0) is 13.8 Å². The Morgan fingerprint density at radius 3 is 2.56 bits per heavy atom. The number of hydrogen-bond donors (Lipinski definition) is 2. The molecule has 1 aliphatic carbocycles. The zero-order valence-electron chi connectivity index (χ0n) is 9.47. The minimum atomic E-state index is -2.10. The maximum atomic E-state index is 11.9. The van der Waals surface area contributed by atoms with Gasteiger partial charge in [-0.15, -0.1) is 0 Å². The van der Waals surface area contributed by atoms with E-state index in [0.29, 0.717) is 0 Å². The Hall–Kier alpha value is -0.530. The molecule has 6 heteroatoms. The van der Waals surface area contributed by atoms with Crippen LogP contribution in [-0.2, 0) is 19.0 Å². The summed E-state index contributed by atoms with van der Waals surface area (Å²) in [5.41, 5.74) is 0. The highest BCUT2D eigenvalue weighted by molar-refractivity contribution is 5.89. The average Bonchev–Trinajstić information content (AvgIpc) is 2.49. The summed E-state index contributed by atoms with van der Waals surface area (Å²) in [5, 5.41) is 19.6. The summed E-state index contributed by atoms with van der Waals surface area (Å²) in [6.07, 6.45) is -3.11. The van der Waals surface area contributed by atoms with E-state index in [1.165, 1.54) is 7.11 Å². The van der Waals surface area contributed by atoms with E-state index in [4.69, 9.17) is 14.2 Å². The van der Waals surface area contributed by atoms with E-state index in [1.807, 2.05) is 0 Å². The molecular formula is C10H16O6. The first-order valence-corrected chi connectivity index (χ1v) is 5.14. The number of ketones is 1. The predicted molar refractivity (Wildman–Crippen MR) is 51.4 cm³/mol. The van der Waals surface area contributed by atoms with Crippen molar-refractivity contribution in [3.63, 3.8) is 0 Å². The number of carbonyl (C=O) groups excluding carboxylic acids is 1. The molecule has 0 amide bonds. The molecule has 92 valence electrons. The fourth-order valence-corrected chi connectivity index (χ4v) is 2.18. The summed E-state index contributed by atoms with van der Waals surface area (Å²) in [5.74, 6) is -3.41. The fraction of sp³-hybridized carbons (Fsp3) is 0.900. The van der Waals surface area contributed by atoms with Crippen molar-refractivity contribution in [3.05, 3.63) is 0 Å². The third-order valence-electron chi connectivity index (χ3n) is 2.92. The Labute approximate surface area is 93.1 Å². The number of fused-ring (bicyclic) bond motifs is 1. The quantitative estimate of drug-likeness (QED) is 0.574. The van der Waals surface area contributed by atoms with Gasteiger partial charge in [0, 0.05) is 13.5 Å². The lowest BCUT2D eigenvalue weighted by Crippen LogP contribution is -2.60. The molecule has 2 N–H and O–H groups in total. The van der Waals surface area contributed by atoms with E-state index in [2.05, 4.69) is 0 Å². The van der Waals surface area contributed by atoms with Gasteiger partial charge in [-0.25, -0.2) is 0 Å². The van der Waals surface area contributed by atoms with Gasteiger partial charge in [0.2, 0.25) is 0 Å². The first-order chi connectivity index (χ1) is 7.27. The molecule has 3 atom stereocenters. The lowest BCUT2D eigenvalue weighted by Gasteiger charge is -2.37. The number of rotatable bonds is 1. The van der Waals surface area contributed by atoms with Gasteiger partial charge in [-0.3, -0.25) is 4.79 Å². The monoisotopic (exact) mass is 232 g/mol. The van der Waals surface area contributed by atoms with E-state index >= 15 is 0 Å². The van der Waals surface area contributed by atoms with Gasteiger partial charge in [0.05, 0.1) is 0 Å². The van der Waals surface area contributed by atoms with Crippen LogP contribution in [0, 0.1) is 0 Å². The van der Waals surface area contributed by atoms with Crippen molar-refractivity contribution < 1.29 is 29.2 Å². The van der Waals surface area contributed by atoms with Crippen LogP contribution in [0.3, 0.4) is 0 Å². The minimum absolute atomic E-state index is 0.205. The summed E-state index contributed by atoms with van der Waals surface area (Å²) in [6, 6.07) is 0. The largest absolute Gasteiger partial charge is 0.373 e. The Bertz CT molecular complexity index is 310. The molecule has 0 aromatic carbocycles. The van der Waals surface area contributed by atoms with E-state index in [0.717, 1.165) is 0 Å². The van der Waals surface area contributed by atoms with Gasteiger partial charge >= 0.3 is 0 Å². The highest BCUT2D eigenvalue weighted by atomic mass is 16.8. The highest BCUT2D eigenvalue weighted by Crippen LogP contribution is 2.39. The molecule has 1 saturated heterocycles. The molecule has 2 rings (SSSR count). The molecule has 16 heavy (non-hydrogen) atoms. The van der Waals surface area contributed by atoms with Crippen LogP contribution in [-0.4, -0.2) is 53.0 Å². The number of ether oxygens (including phenoxy) is 3.